The van der Waals surface area contributed by atoms with E-state index in [2.05, 4.69) is 16.8 Å². The van der Waals surface area contributed by atoms with Gasteiger partial charge in [-0.25, -0.2) is 0 Å². The average Bonchev–Trinajstić information content (AvgIpc) is 2.92. The summed E-state index contributed by atoms with van der Waals surface area (Å²) >= 11 is 7.70. The predicted molar refractivity (Wildman–Crippen MR) is 83.4 cm³/mol. The molecule has 0 radical (unpaired) electrons. The van der Waals surface area contributed by atoms with Gasteiger partial charge in [0.15, 0.2) is 0 Å². The Bertz CT molecular complexity index is 626. The van der Waals surface area contributed by atoms with Crippen molar-refractivity contribution in [2.75, 3.05) is 18.4 Å². The number of rotatable bonds is 3. The maximum atomic E-state index is 12.2. The molecule has 0 spiro atoms. The fraction of sp³-hybridized carbons (Fsp3) is 0.267. The molecule has 1 aliphatic rings. The Morgan fingerprint density at radius 1 is 1.40 bits per heavy atom. The zero-order chi connectivity index (χ0) is 13.9. The number of nitrogens with one attached hydrogen (secondary N) is 1. The molecule has 20 heavy (non-hydrogen) atoms. The van der Waals surface area contributed by atoms with Crippen LogP contribution in [-0.4, -0.2) is 23.9 Å². The van der Waals surface area contributed by atoms with Crippen LogP contribution in [0.25, 0.3) is 0 Å². The highest BCUT2D eigenvalue weighted by atomic mass is 35.5. The first-order chi connectivity index (χ1) is 9.72. The standard InChI is InChI=1S/C15H15ClN2OS/c16-12-2-1-3-13(8-12)17-9-15(19)18-6-4-14-11(10-18)5-7-20-14/h1-3,5,7-8,17H,4,6,9-10H2. The monoisotopic (exact) mass is 306 g/mol. The normalized spacial score (nSPS) is 13.9. The summed E-state index contributed by atoms with van der Waals surface area (Å²) in [6.45, 7) is 1.85. The van der Waals surface area contributed by atoms with Crippen LogP contribution in [0.1, 0.15) is 10.4 Å². The number of carbonyl (C=O) groups excluding carboxylic acids is 1. The van der Waals surface area contributed by atoms with E-state index >= 15 is 0 Å². The first kappa shape index (κ1) is 13.5. The molecule has 0 aliphatic carbocycles. The predicted octanol–water partition coefficient (Wildman–Crippen LogP) is 3.40. The summed E-state index contributed by atoms with van der Waals surface area (Å²) < 4.78 is 0. The summed E-state index contributed by atoms with van der Waals surface area (Å²) in [7, 11) is 0. The molecular formula is C15H15ClN2OS. The van der Waals surface area contributed by atoms with E-state index in [1.165, 1.54) is 10.4 Å². The second-order valence-corrected chi connectivity index (χ2v) is 6.24. The van der Waals surface area contributed by atoms with Gasteiger partial charge >= 0.3 is 0 Å². The largest absolute Gasteiger partial charge is 0.376 e. The van der Waals surface area contributed by atoms with Crippen molar-refractivity contribution < 1.29 is 4.79 Å². The van der Waals surface area contributed by atoms with Crippen LogP contribution in [0.3, 0.4) is 0 Å². The number of fused-ring (bicyclic) bond motifs is 1. The Morgan fingerprint density at radius 2 is 2.30 bits per heavy atom. The number of hydrogen-bond acceptors (Lipinski definition) is 3. The Balaban J connectivity index is 1.58. The van der Waals surface area contributed by atoms with Gasteiger partial charge in [-0.15, -0.1) is 11.3 Å². The average molecular weight is 307 g/mol. The quantitative estimate of drug-likeness (QED) is 0.942. The third-order valence-corrected chi connectivity index (χ3v) is 4.69. The molecule has 1 aromatic carbocycles. The summed E-state index contributed by atoms with van der Waals surface area (Å²) in [6, 6.07) is 9.53. The molecule has 1 N–H and O–H groups in total. The van der Waals surface area contributed by atoms with Gasteiger partial charge in [-0.2, -0.15) is 0 Å². The molecule has 2 heterocycles. The minimum absolute atomic E-state index is 0.127. The smallest absolute Gasteiger partial charge is 0.242 e. The van der Waals surface area contributed by atoms with Crippen LogP contribution in [-0.2, 0) is 17.8 Å². The second-order valence-electron chi connectivity index (χ2n) is 4.80. The summed E-state index contributed by atoms with van der Waals surface area (Å²) in [4.78, 5) is 15.5. The fourth-order valence-corrected chi connectivity index (χ4v) is 3.43. The lowest BCUT2D eigenvalue weighted by atomic mass is 10.1. The molecular weight excluding hydrogens is 292 g/mol. The molecule has 0 atom stereocenters. The van der Waals surface area contributed by atoms with Gasteiger partial charge in [0.1, 0.15) is 0 Å². The van der Waals surface area contributed by atoms with Crippen LogP contribution in [0.5, 0.6) is 0 Å². The summed E-state index contributed by atoms with van der Waals surface area (Å²) in [6.07, 6.45) is 0.968. The second kappa shape index (κ2) is 5.85. The molecule has 0 saturated heterocycles. The molecule has 0 unspecified atom stereocenters. The minimum Gasteiger partial charge on any atom is -0.376 e. The number of amides is 1. The Morgan fingerprint density at radius 3 is 3.15 bits per heavy atom. The Kier molecular flexibility index (Phi) is 3.94. The molecule has 1 amide bonds. The van der Waals surface area contributed by atoms with E-state index < -0.39 is 0 Å². The number of anilines is 1. The summed E-state index contributed by atoms with van der Waals surface area (Å²) in [5, 5.41) is 5.90. The van der Waals surface area contributed by atoms with E-state index in [1.54, 1.807) is 11.3 Å². The number of thiophene rings is 1. The lowest BCUT2D eigenvalue weighted by molar-refractivity contribution is -0.130. The molecule has 2 aromatic rings. The van der Waals surface area contributed by atoms with E-state index in [9.17, 15) is 4.79 Å². The van der Waals surface area contributed by atoms with Gasteiger partial charge in [-0.05, 0) is 41.6 Å². The lowest BCUT2D eigenvalue weighted by Crippen LogP contribution is -2.38. The third kappa shape index (κ3) is 2.97. The van der Waals surface area contributed by atoms with Gasteiger partial charge in [-0.1, -0.05) is 17.7 Å². The molecule has 0 fully saturated rings. The van der Waals surface area contributed by atoms with Crippen LogP contribution in [0.4, 0.5) is 5.69 Å². The minimum atomic E-state index is 0.127. The van der Waals surface area contributed by atoms with Gasteiger partial charge in [0, 0.05) is 28.7 Å². The molecule has 0 bridgehead atoms. The van der Waals surface area contributed by atoms with Crippen LogP contribution < -0.4 is 5.32 Å². The molecule has 104 valence electrons. The SMILES string of the molecule is O=C(CNc1cccc(Cl)c1)N1CCc2sccc2C1. The topological polar surface area (TPSA) is 32.3 Å². The highest BCUT2D eigenvalue weighted by molar-refractivity contribution is 7.10. The summed E-state index contributed by atoms with van der Waals surface area (Å²) in [5.74, 6) is 0.127. The van der Waals surface area contributed by atoms with Crippen molar-refractivity contribution in [2.24, 2.45) is 0 Å². The van der Waals surface area contributed by atoms with Crippen LogP contribution in [0.2, 0.25) is 5.02 Å². The van der Waals surface area contributed by atoms with E-state index in [0.717, 1.165) is 25.2 Å². The highest BCUT2D eigenvalue weighted by Gasteiger charge is 2.20. The van der Waals surface area contributed by atoms with Crippen molar-refractivity contribution in [3.8, 4) is 0 Å². The van der Waals surface area contributed by atoms with E-state index in [1.807, 2.05) is 29.2 Å². The molecule has 3 rings (SSSR count). The molecule has 0 saturated carbocycles. The van der Waals surface area contributed by atoms with Gasteiger partial charge < -0.3 is 10.2 Å². The van der Waals surface area contributed by atoms with Gasteiger partial charge in [0.05, 0.1) is 6.54 Å². The first-order valence-electron chi connectivity index (χ1n) is 6.55. The zero-order valence-corrected chi connectivity index (χ0v) is 12.5. The number of hydrogen-bond donors (Lipinski definition) is 1. The maximum absolute atomic E-state index is 12.2. The van der Waals surface area contributed by atoms with Crippen molar-refractivity contribution in [1.29, 1.82) is 0 Å². The van der Waals surface area contributed by atoms with Crippen molar-refractivity contribution in [3.63, 3.8) is 0 Å². The van der Waals surface area contributed by atoms with Gasteiger partial charge in [-0.3, -0.25) is 4.79 Å². The van der Waals surface area contributed by atoms with Crippen molar-refractivity contribution in [1.82, 2.24) is 4.90 Å². The van der Waals surface area contributed by atoms with Crippen molar-refractivity contribution >= 4 is 34.5 Å². The number of nitrogens with zero attached hydrogens (tertiary/aromatic N) is 1. The van der Waals surface area contributed by atoms with Crippen LogP contribution >= 0.6 is 22.9 Å². The number of carbonyl (C=O) groups is 1. The highest BCUT2D eigenvalue weighted by Crippen LogP contribution is 2.24. The Hall–Kier alpha value is -1.52. The summed E-state index contributed by atoms with van der Waals surface area (Å²) in [5.41, 5.74) is 2.16. The fourth-order valence-electron chi connectivity index (χ4n) is 2.35. The van der Waals surface area contributed by atoms with Gasteiger partial charge in [0.25, 0.3) is 0 Å². The maximum Gasteiger partial charge on any atom is 0.242 e. The van der Waals surface area contributed by atoms with Crippen molar-refractivity contribution in [3.05, 3.63) is 51.2 Å². The molecule has 5 heteroatoms. The third-order valence-electron chi connectivity index (χ3n) is 3.43. The van der Waals surface area contributed by atoms with E-state index in [0.29, 0.717) is 11.6 Å². The molecule has 1 aliphatic heterocycles. The number of benzene rings is 1. The van der Waals surface area contributed by atoms with Crippen LogP contribution in [0.15, 0.2) is 35.7 Å². The van der Waals surface area contributed by atoms with E-state index in [4.69, 9.17) is 11.6 Å². The molecule has 1 aromatic heterocycles. The van der Waals surface area contributed by atoms with E-state index in [-0.39, 0.29) is 5.91 Å². The van der Waals surface area contributed by atoms with Gasteiger partial charge in [0.2, 0.25) is 5.91 Å². The van der Waals surface area contributed by atoms with Crippen LogP contribution in [0, 0.1) is 0 Å². The molecule has 3 nitrogen and oxygen atoms in total. The van der Waals surface area contributed by atoms with Crippen molar-refractivity contribution in [2.45, 2.75) is 13.0 Å². The lowest BCUT2D eigenvalue weighted by Gasteiger charge is -2.27. The number of halogens is 1. The first-order valence-corrected chi connectivity index (χ1v) is 7.80. The zero-order valence-electron chi connectivity index (χ0n) is 10.9. The Labute approximate surface area is 127 Å².